The number of thiocarbonyl (C=S) groups is 1. The van der Waals surface area contributed by atoms with Crippen LogP contribution >= 0.6 is 35.6 Å². The zero-order valence-electron chi connectivity index (χ0n) is 13.5. The van der Waals surface area contributed by atoms with E-state index < -0.39 is 0 Å². The minimum atomic E-state index is -0.381. The zero-order chi connectivity index (χ0) is 18.8. The number of benzene rings is 2. The van der Waals surface area contributed by atoms with Crippen molar-refractivity contribution >= 4 is 63.5 Å². The molecule has 132 valence electrons. The fourth-order valence-electron chi connectivity index (χ4n) is 2.23. The Morgan fingerprint density at radius 2 is 1.96 bits per heavy atom. The minimum Gasteiger partial charge on any atom is -0.506 e. The molecule has 2 aromatic carbocycles. The third-order valence-corrected chi connectivity index (χ3v) is 5.38. The van der Waals surface area contributed by atoms with E-state index in [0.717, 1.165) is 5.56 Å². The lowest BCUT2D eigenvalue weighted by molar-refractivity contribution is -0.121. The van der Waals surface area contributed by atoms with E-state index in [1.807, 2.05) is 0 Å². The first-order valence-electron chi connectivity index (χ1n) is 7.46. The molecule has 2 N–H and O–H groups in total. The average Bonchev–Trinajstić information content (AvgIpc) is 2.85. The van der Waals surface area contributed by atoms with Crippen LogP contribution in [0.2, 0.25) is 5.02 Å². The maximum Gasteiger partial charge on any atom is 0.265 e. The highest BCUT2D eigenvalue weighted by Crippen LogP contribution is 2.31. The van der Waals surface area contributed by atoms with Crippen molar-refractivity contribution < 1.29 is 14.7 Å². The summed E-state index contributed by atoms with van der Waals surface area (Å²) in [5, 5.41) is 12.8. The lowest BCUT2D eigenvalue weighted by Crippen LogP contribution is -2.22. The summed E-state index contributed by atoms with van der Waals surface area (Å²) in [4.78, 5) is 26.3. The lowest BCUT2D eigenvalue weighted by atomic mass is 10.1. The second kappa shape index (κ2) is 7.49. The van der Waals surface area contributed by atoms with Crippen molar-refractivity contribution in [3.05, 3.63) is 63.5 Å². The standard InChI is InChI=1S/C18H13ClN2O3S2/c1-21-17(24)15(26-18(21)25)8-10-2-4-11(5-3-10)16(23)20-13-9-12(19)6-7-14(13)22/h2-9,22H,1H3,(H,20,23). The molecule has 26 heavy (non-hydrogen) atoms. The summed E-state index contributed by atoms with van der Waals surface area (Å²) in [6.45, 7) is 0. The predicted octanol–water partition coefficient (Wildman–Crippen LogP) is 4.13. The van der Waals surface area contributed by atoms with Crippen LogP contribution in [0.4, 0.5) is 5.69 Å². The Bertz CT molecular complexity index is 942. The summed E-state index contributed by atoms with van der Waals surface area (Å²) in [7, 11) is 1.64. The molecule has 0 bridgehead atoms. The first-order valence-corrected chi connectivity index (χ1v) is 9.07. The summed E-state index contributed by atoms with van der Waals surface area (Å²) in [5.41, 5.74) is 1.42. The number of carbonyl (C=O) groups is 2. The van der Waals surface area contributed by atoms with E-state index in [9.17, 15) is 14.7 Å². The van der Waals surface area contributed by atoms with Crippen molar-refractivity contribution in [2.24, 2.45) is 0 Å². The fraction of sp³-hybridized carbons (Fsp3) is 0.0556. The Balaban J connectivity index is 1.75. The molecule has 0 aromatic heterocycles. The highest BCUT2D eigenvalue weighted by molar-refractivity contribution is 8.26. The van der Waals surface area contributed by atoms with Crippen LogP contribution in [0.15, 0.2) is 47.4 Å². The van der Waals surface area contributed by atoms with Crippen molar-refractivity contribution in [2.45, 2.75) is 0 Å². The number of phenols is 1. The molecule has 0 spiro atoms. The van der Waals surface area contributed by atoms with E-state index in [1.54, 1.807) is 37.4 Å². The molecule has 0 radical (unpaired) electrons. The number of carbonyl (C=O) groups excluding carboxylic acids is 2. The summed E-state index contributed by atoms with van der Waals surface area (Å²) in [6.07, 6.45) is 1.73. The second-order valence-electron chi connectivity index (χ2n) is 5.48. The molecule has 0 atom stereocenters. The summed E-state index contributed by atoms with van der Waals surface area (Å²) >= 11 is 12.2. The Hall–Kier alpha value is -2.35. The van der Waals surface area contributed by atoms with Crippen LogP contribution in [0.5, 0.6) is 5.75 Å². The van der Waals surface area contributed by atoms with Crippen LogP contribution in [0.1, 0.15) is 15.9 Å². The topological polar surface area (TPSA) is 69.6 Å². The quantitative estimate of drug-likeness (QED) is 0.457. The number of hydrogen-bond acceptors (Lipinski definition) is 5. The van der Waals surface area contributed by atoms with Gasteiger partial charge in [0.05, 0.1) is 10.6 Å². The zero-order valence-corrected chi connectivity index (χ0v) is 15.9. The number of amides is 2. The van der Waals surface area contributed by atoms with Crippen molar-refractivity contribution in [2.75, 3.05) is 12.4 Å². The van der Waals surface area contributed by atoms with Gasteiger partial charge in [-0.2, -0.15) is 0 Å². The van der Waals surface area contributed by atoms with Gasteiger partial charge in [0.25, 0.3) is 11.8 Å². The summed E-state index contributed by atoms with van der Waals surface area (Å²) in [5.74, 6) is -0.590. The molecule has 5 nitrogen and oxygen atoms in total. The van der Waals surface area contributed by atoms with E-state index in [-0.39, 0.29) is 23.3 Å². The first kappa shape index (κ1) is 18.4. The molecule has 1 saturated heterocycles. The molecule has 3 rings (SSSR count). The van der Waals surface area contributed by atoms with Gasteiger partial charge in [-0.05, 0) is 42.0 Å². The highest BCUT2D eigenvalue weighted by atomic mass is 35.5. The number of thioether (sulfide) groups is 1. The molecular weight excluding hydrogens is 392 g/mol. The average molecular weight is 405 g/mol. The van der Waals surface area contributed by atoms with Gasteiger partial charge in [-0.25, -0.2) is 0 Å². The Kier molecular flexibility index (Phi) is 5.31. The van der Waals surface area contributed by atoms with Crippen molar-refractivity contribution in [1.29, 1.82) is 0 Å². The summed E-state index contributed by atoms with van der Waals surface area (Å²) < 4.78 is 0.513. The maximum absolute atomic E-state index is 12.3. The van der Waals surface area contributed by atoms with Crippen LogP contribution < -0.4 is 5.32 Å². The molecule has 2 aromatic rings. The normalized spacial score (nSPS) is 15.6. The summed E-state index contributed by atoms with van der Waals surface area (Å²) in [6, 6.07) is 11.1. The SMILES string of the molecule is CN1C(=O)C(=Cc2ccc(C(=O)Nc3cc(Cl)ccc3O)cc2)SC1=S. The molecule has 1 heterocycles. The van der Waals surface area contributed by atoms with Gasteiger partial charge in [-0.3, -0.25) is 14.5 Å². The van der Waals surface area contributed by atoms with Gasteiger partial charge in [0.1, 0.15) is 10.1 Å². The fourth-order valence-corrected chi connectivity index (χ4v) is 3.58. The number of aromatic hydroxyl groups is 1. The van der Waals surface area contributed by atoms with Crippen molar-refractivity contribution in [1.82, 2.24) is 4.90 Å². The Labute approximate surface area is 164 Å². The number of nitrogens with one attached hydrogen (secondary N) is 1. The van der Waals surface area contributed by atoms with Gasteiger partial charge >= 0.3 is 0 Å². The molecule has 1 fully saturated rings. The minimum absolute atomic E-state index is 0.0686. The highest BCUT2D eigenvalue weighted by Gasteiger charge is 2.28. The molecule has 1 aliphatic rings. The van der Waals surface area contributed by atoms with E-state index >= 15 is 0 Å². The number of likely N-dealkylation sites (N-methyl/N-ethyl adjacent to an activating group) is 1. The van der Waals surface area contributed by atoms with Gasteiger partial charge in [0, 0.05) is 17.6 Å². The van der Waals surface area contributed by atoms with E-state index in [0.29, 0.717) is 19.8 Å². The smallest absolute Gasteiger partial charge is 0.265 e. The van der Waals surface area contributed by atoms with E-state index in [4.69, 9.17) is 23.8 Å². The van der Waals surface area contributed by atoms with Gasteiger partial charge in [0.2, 0.25) is 0 Å². The number of phenolic OH excluding ortho intramolecular Hbond substituents is 1. The van der Waals surface area contributed by atoms with Gasteiger partial charge in [-0.15, -0.1) is 0 Å². The molecule has 2 amide bonds. The monoisotopic (exact) mass is 404 g/mol. The van der Waals surface area contributed by atoms with Crippen LogP contribution in [0.3, 0.4) is 0 Å². The van der Waals surface area contributed by atoms with Crippen LogP contribution in [-0.4, -0.2) is 33.2 Å². The van der Waals surface area contributed by atoms with Crippen LogP contribution in [-0.2, 0) is 4.79 Å². The third-order valence-electron chi connectivity index (χ3n) is 3.66. The van der Waals surface area contributed by atoms with Gasteiger partial charge in [0.15, 0.2) is 0 Å². The van der Waals surface area contributed by atoms with Gasteiger partial charge in [-0.1, -0.05) is 47.7 Å². The predicted molar refractivity (Wildman–Crippen MR) is 108 cm³/mol. The number of anilines is 1. The van der Waals surface area contributed by atoms with Crippen molar-refractivity contribution in [3.8, 4) is 5.75 Å². The third kappa shape index (κ3) is 3.90. The lowest BCUT2D eigenvalue weighted by Gasteiger charge is -2.08. The largest absolute Gasteiger partial charge is 0.506 e. The molecule has 0 aliphatic carbocycles. The number of hydrogen-bond donors (Lipinski definition) is 2. The van der Waals surface area contributed by atoms with E-state index in [1.165, 1.54) is 34.9 Å². The number of rotatable bonds is 3. The van der Waals surface area contributed by atoms with Gasteiger partial charge < -0.3 is 10.4 Å². The maximum atomic E-state index is 12.3. The molecular formula is C18H13ClN2O3S2. The molecule has 1 aliphatic heterocycles. The second-order valence-corrected chi connectivity index (χ2v) is 7.59. The van der Waals surface area contributed by atoms with Crippen LogP contribution in [0.25, 0.3) is 6.08 Å². The molecule has 8 heteroatoms. The number of halogens is 1. The molecule has 0 unspecified atom stereocenters. The Morgan fingerprint density at radius 1 is 1.27 bits per heavy atom. The molecule has 0 saturated carbocycles. The van der Waals surface area contributed by atoms with E-state index in [2.05, 4.69) is 5.32 Å². The first-order chi connectivity index (χ1) is 12.3. The number of nitrogens with zero attached hydrogens (tertiary/aromatic N) is 1. The Morgan fingerprint density at radius 3 is 2.58 bits per heavy atom. The van der Waals surface area contributed by atoms with Crippen LogP contribution in [0, 0.1) is 0 Å². The van der Waals surface area contributed by atoms with Crippen molar-refractivity contribution in [3.63, 3.8) is 0 Å².